The zero-order chi connectivity index (χ0) is 11.7. The lowest BCUT2D eigenvalue weighted by atomic mass is 9.78. The van der Waals surface area contributed by atoms with Crippen molar-refractivity contribution in [3.05, 3.63) is 65.5 Å². The summed E-state index contributed by atoms with van der Waals surface area (Å²) in [6.45, 7) is 0. The zero-order valence-corrected chi connectivity index (χ0v) is 9.58. The smallest absolute Gasteiger partial charge is 0.0861 e. The molecule has 1 N–H and O–H groups in total. The Morgan fingerprint density at radius 2 is 1.82 bits per heavy atom. The van der Waals surface area contributed by atoms with Gasteiger partial charge in [0.1, 0.15) is 0 Å². The van der Waals surface area contributed by atoms with Gasteiger partial charge in [-0.1, -0.05) is 24.3 Å². The molecule has 1 aliphatic rings. The van der Waals surface area contributed by atoms with Crippen molar-refractivity contribution in [1.29, 1.82) is 0 Å². The summed E-state index contributed by atoms with van der Waals surface area (Å²) in [7, 11) is 0. The Morgan fingerprint density at radius 1 is 1.06 bits per heavy atom. The maximum absolute atomic E-state index is 10.5. The van der Waals surface area contributed by atoms with E-state index >= 15 is 0 Å². The van der Waals surface area contributed by atoms with E-state index in [1.807, 2.05) is 30.3 Å². The summed E-state index contributed by atoms with van der Waals surface area (Å²) >= 11 is 0. The first-order valence-electron chi connectivity index (χ1n) is 6.02. The second kappa shape index (κ2) is 4.30. The van der Waals surface area contributed by atoms with Gasteiger partial charge >= 0.3 is 0 Å². The Morgan fingerprint density at radius 3 is 2.65 bits per heavy atom. The molecule has 17 heavy (non-hydrogen) atoms. The van der Waals surface area contributed by atoms with Crippen LogP contribution in [0.4, 0.5) is 0 Å². The van der Waals surface area contributed by atoms with Crippen LogP contribution in [0.5, 0.6) is 0 Å². The molecule has 2 nitrogen and oxygen atoms in total. The fourth-order valence-corrected chi connectivity index (χ4v) is 2.70. The van der Waals surface area contributed by atoms with Gasteiger partial charge in [0.05, 0.1) is 6.10 Å². The Bertz CT molecular complexity index is 509. The average molecular weight is 225 g/mol. The molecule has 3 rings (SSSR count). The second-order valence-electron chi connectivity index (χ2n) is 4.57. The van der Waals surface area contributed by atoms with Crippen LogP contribution in [-0.2, 0) is 6.42 Å². The summed E-state index contributed by atoms with van der Waals surface area (Å²) in [5.74, 6) is 0.202. The lowest BCUT2D eigenvalue weighted by Crippen LogP contribution is -2.18. The topological polar surface area (TPSA) is 33.1 Å². The first kappa shape index (κ1) is 10.5. The van der Waals surface area contributed by atoms with Crippen LogP contribution in [0.1, 0.15) is 35.1 Å². The van der Waals surface area contributed by atoms with E-state index in [2.05, 4.69) is 11.1 Å². The molecule has 2 atom stereocenters. The molecule has 1 aromatic heterocycles. The van der Waals surface area contributed by atoms with E-state index in [1.165, 1.54) is 11.1 Å². The second-order valence-corrected chi connectivity index (χ2v) is 4.57. The number of hydrogen-bond acceptors (Lipinski definition) is 2. The Hall–Kier alpha value is -1.67. The molecule has 2 aromatic rings. The highest BCUT2D eigenvalue weighted by Crippen LogP contribution is 2.40. The predicted octanol–water partition coefficient (Wildman–Crippen LogP) is 2.85. The molecule has 0 unspecified atom stereocenters. The Labute approximate surface area is 101 Å². The Kier molecular flexibility index (Phi) is 2.65. The number of pyridine rings is 1. The lowest BCUT2D eigenvalue weighted by molar-refractivity contribution is 0.131. The number of aliphatic hydroxyl groups is 1. The van der Waals surface area contributed by atoms with Crippen LogP contribution < -0.4 is 0 Å². The summed E-state index contributed by atoms with van der Waals surface area (Å²) in [4.78, 5) is 4.03. The molecule has 0 saturated carbocycles. The average Bonchev–Trinajstić information content (AvgIpc) is 2.40. The van der Waals surface area contributed by atoms with E-state index in [0.717, 1.165) is 18.4 Å². The first-order valence-corrected chi connectivity index (χ1v) is 6.02. The predicted molar refractivity (Wildman–Crippen MR) is 66.7 cm³/mol. The molecule has 0 radical (unpaired) electrons. The normalized spacial score (nSPS) is 23.1. The highest BCUT2D eigenvalue weighted by atomic mass is 16.3. The number of aryl methyl sites for hydroxylation is 1. The van der Waals surface area contributed by atoms with Crippen LogP contribution in [0, 0.1) is 0 Å². The highest BCUT2D eigenvalue weighted by molar-refractivity contribution is 5.35. The van der Waals surface area contributed by atoms with Gasteiger partial charge in [-0.15, -0.1) is 0 Å². The first-order chi connectivity index (χ1) is 8.36. The molecule has 1 heterocycles. The number of rotatable bonds is 1. The van der Waals surface area contributed by atoms with E-state index in [-0.39, 0.29) is 12.0 Å². The maximum Gasteiger partial charge on any atom is 0.0861 e. The number of aromatic nitrogens is 1. The molecular weight excluding hydrogens is 210 g/mol. The largest absolute Gasteiger partial charge is 0.388 e. The number of benzene rings is 1. The minimum atomic E-state index is -0.387. The number of aliphatic hydroxyl groups excluding tert-OH is 1. The van der Waals surface area contributed by atoms with Crippen molar-refractivity contribution in [1.82, 2.24) is 4.98 Å². The summed E-state index contributed by atoms with van der Waals surface area (Å²) in [6, 6.07) is 12.2. The molecule has 1 aliphatic carbocycles. The molecule has 0 fully saturated rings. The van der Waals surface area contributed by atoms with Crippen LogP contribution >= 0.6 is 0 Å². The molecule has 0 bridgehead atoms. The molecule has 2 heteroatoms. The van der Waals surface area contributed by atoms with Crippen molar-refractivity contribution < 1.29 is 5.11 Å². The van der Waals surface area contributed by atoms with Crippen molar-refractivity contribution >= 4 is 0 Å². The molecule has 1 aromatic carbocycles. The number of nitrogens with zero attached hydrogens (tertiary/aromatic N) is 1. The van der Waals surface area contributed by atoms with Crippen LogP contribution in [0.3, 0.4) is 0 Å². The van der Waals surface area contributed by atoms with Gasteiger partial charge in [0.25, 0.3) is 0 Å². The van der Waals surface area contributed by atoms with Crippen LogP contribution in [0.15, 0.2) is 48.8 Å². The van der Waals surface area contributed by atoms with E-state index in [0.29, 0.717) is 0 Å². The fourth-order valence-electron chi connectivity index (χ4n) is 2.70. The monoisotopic (exact) mass is 225 g/mol. The minimum absolute atomic E-state index is 0.202. The van der Waals surface area contributed by atoms with Crippen molar-refractivity contribution in [2.24, 2.45) is 0 Å². The summed E-state index contributed by atoms with van der Waals surface area (Å²) in [5, 5.41) is 10.5. The fraction of sp³-hybridized carbons (Fsp3) is 0.267. The van der Waals surface area contributed by atoms with Gasteiger partial charge in [-0.05, 0) is 41.7 Å². The SMILES string of the molecule is O[C@@H]1c2ccccc2CC[C@@H]1c1ccncc1. The highest BCUT2D eigenvalue weighted by Gasteiger charge is 2.28. The van der Waals surface area contributed by atoms with Gasteiger partial charge in [0.2, 0.25) is 0 Å². The van der Waals surface area contributed by atoms with Crippen molar-refractivity contribution in [2.75, 3.05) is 0 Å². The van der Waals surface area contributed by atoms with E-state index in [4.69, 9.17) is 0 Å². The van der Waals surface area contributed by atoms with Crippen LogP contribution in [-0.4, -0.2) is 10.1 Å². The third-order valence-electron chi connectivity index (χ3n) is 3.61. The molecule has 0 spiro atoms. The summed E-state index contributed by atoms with van der Waals surface area (Å²) in [5.41, 5.74) is 3.55. The van der Waals surface area contributed by atoms with Crippen molar-refractivity contribution in [3.63, 3.8) is 0 Å². The molecular formula is C15H15NO. The van der Waals surface area contributed by atoms with Crippen molar-refractivity contribution in [2.45, 2.75) is 24.9 Å². The number of hydrogen-bond donors (Lipinski definition) is 1. The number of fused-ring (bicyclic) bond motifs is 1. The van der Waals surface area contributed by atoms with E-state index in [1.54, 1.807) is 12.4 Å². The summed E-state index contributed by atoms with van der Waals surface area (Å²) in [6.07, 6.45) is 5.25. The maximum atomic E-state index is 10.5. The third-order valence-corrected chi connectivity index (χ3v) is 3.61. The van der Waals surface area contributed by atoms with E-state index < -0.39 is 0 Å². The molecule has 86 valence electrons. The van der Waals surface area contributed by atoms with Gasteiger partial charge in [0, 0.05) is 18.3 Å². The zero-order valence-electron chi connectivity index (χ0n) is 9.58. The van der Waals surface area contributed by atoms with Crippen LogP contribution in [0.2, 0.25) is 0 Å². The van der Waals surface area contributed by atoms with Gasteiger partial charge in [0.15, 0.2) is 0 Å². The quantitative estimate of drug-likeness (QED) is 0.809. The van der Waals surface area contributed by atoms with Gasteiger partial charge < -0.3 is 5.11 Å². The van der Waals surface area contributed by atoms with E-state index in [9.17, 15) is 5.11 Å². The van der Waals surface area contributed by atoms with Crippen molar-refractivity contribution in [3.8, 4) is 0 Å². The van der Waals surface area contributed by atoms with Gasteiger partial charge in [-0.25, -0.2) is 0 Å². The summed E-state index contributed by atoms with van der Waals surface area (Å²) < 4.78 is 0. The third kappa shape index (κ3) is 1.85. The minimum Gasteiger partial charge on any atom is -0.388 e. The van der Waals surface area contributed by atoms with Crippen LogP contribution in [0.25, 0.3) is 0 Å². The lowest BCUT2D eigenvalue weighted by Gasteiger charge is -2.30. The van der Waals surface area contributed by atoms with Gasteiger partial charge in [-0.2, -0.15) is 0 Å². The Balaban J connectivity index is 1.97. The molecule has 0 aliphatic heterocycles. The standard InChI is InChI=1S/C15H15NO/c17-15-13-4-2-1-3-11(13)5-6-14(15)12-7-9-16-10-8-12/h1-4,7-10,14-15,17H,5-6H2/t14-,15-/m1/s1. The molecule has 0 saturated heterocycles. The van der Waals surface area contributed by atoms with Gasteiger partial charge in [-0.3, -0.25) is 4.98 Å². The molecule has 0 amide bonds.